The van der Waals surface area contributed by atoms with Crippen molar-refractivity contribution in [2.75, 3.05) is 12.4 Å². The third kappa shape index (κ3) is 3.61. The van der Waals surface area contributed by atoms with E-state index in [-0.39, 0.29) is 10.6 Å². The number of amides is 1. The zero-order valence-electron chi connectivity index (χ0n) is 15.4. The molecule has 1 heterocycles. The van der Waals surface area contributed by atoms with Gasteiger partial charge < -0.3 is 10.1 Å². The number of halogens is 5. The number of carbonyl (C=O) groups is 2. The molecule has 0 saturated heterocycles. The van der Waals surface area contributed by atoms with Gasteiger partial charge in [-0.05, 0) is 30.7 Å². The number of thiophene rings is 1. The normalized spacial score (nSPS) is 15.8. The van der Waals surface area contributed by atoms with E-state index in [9.17, 15) is 31.5 Å². The molecule has 0 aliphatic heterocycles. The van der Waals surface area contributed by atoms with Crippen molar-refractivity contribution in [1.29, 1.82) is 0 Å². The quantitative estimate of drug-likeness (QED) is 0.320. The molecule has 1 N–H and O–H groups in total. The average Bonchev–Trinajstić information content (AvgIpc) is 3.06. The number of carbonyl (C=O) groups excluding carboxylic acids is 2. The molecule has 1 aromatic heterocycles. The van der Waals surface area contributed by atoms with Crippen molar-refractivity contribution in [3.05, 3.63) is 50.7 Å². The molecular formula is C19H16F5NO3S. The molecular weight excluding hydrogens is 417 g/mol. The van der Waals surface area contributed by atoms with Crippen LogP contribution in [0.3, 0.4) is 0 Å². The van der Waals surface area contributed by atoms with Crippen LogP contribution in [-0.4, -0.2) is 19.0 Å². The Bertz CT molecular complexity index is 975. The summed E-state index contributed by atoms with van der Waals surface area (Å²) in [6, 6.07) is 0. The first kappa shape index (κ1) is 21.2. The predicted octanol–water partition coefficient (Wildman–Crippen LogP) is 5.00. The zero-order valence-corrected chi connectivity index (χ0v) is 16.2. The highest BCUT2D eigenvalue weighted by Gasteiger charge is 2.33. The Morgan fingerprint density at radius 3 is 2.17 bits per heavy atom. The lowest BCUT2D eigenvalue weighted by molar-refractivity contribution is 0.0600. The Morgan fingerprint density at radius 1 is 1.03 bits per heavy atom. The first-order valence-corrected chi connectivity index (χ1v) is 9.58. The lowest BCUT2D eigenvalue weighted by Gasteiger charge is -2.20. The van der Waals surface area contributed by atoms with Crippen molar-refractivity contribution in [3.63, 3.8) is 0 Å². The summed E-state index contributed by atoms with van der Waals surface area (Å²) in [4.78, 5) is 25.4. The van der Waals surface area contributed by atoms with E-state index in [1.54, 1.807) is 0 Å². The van der Waals surface area contributed by atoms with Gasteiger partial charge in [-0.25, -0.2) is 26.7 Å². The third-order valence-electron chi connectivity index (χ3n) is 5.00. The zero-order chi connectivity index (χ0) is 21.5. The van der Waals surface area contributed by atoms with Gasteiger partial charge in [-0.1, -0.05) is 13.3 Å². The molecule has 0 spiro atoms. The SMILES string of the molecule is CC[C@@H]1CCc2c(sc(NC(=O)c3c(F)c(F)c(F)c(F)c3F)c2C(=O)OC)C1. The maximum atomic E-state index is 13.9. The number of anilines is 1. The Labute approximate surface area is 166 Å². The van der Waals surface area contributed by atoms with Crippen LogP contribution in [-0.2, 0) is 17.6 Å². The lowest BCUT2D eigenvalue weighted by Crippen LogP contribution is -2.20. The highest BCUT2D eigenvalue weighted by molar-refractivity contribution is 7.17. The summed E-state index contributed by atoms with van der Waals surface area (Å²) < 4.78 is 72.7. The Kier molecular flexibility index (Phi) is 5.92. The van der Waals surface area contributed by atoms with Gasteiger partial charge in [-0.2, -0.15) is 0 Å². The number of hydrogen-bond donors (Lipinski definition) is 1. The van der Waals surface area contributed by atoms with E-state index in [0.29, 0.717) is 24.3 Å². The van der Waals surface area contributed by atoms with Crippen LogP contribution in [0.4, 0.5) is 27.0 Å². The number of hydrogen-bond acceptors (Lipinski definition) is 4. The molecule has 0 radical (unpaired) electrons. The monoisotopic (exact) mass is 433 g/mol. The van der Waals surface area contributed by atoms with Gasteiger partial charge in [-0.3, -0.25) is 4.79 Å². The molecule has 29 heavy (non-hydrogen) atoms. The Balaban J connectivity index is 2.04. The molecule has 1 aromatic carbocycles. The van der Waals surface area contributed by atoms with Crippen LogP contribution in [0.5, 0.6) is 0 Å². The molecule has 3 rings (SSSR count). The lowest BCUT2D eigenvalue weighted by atomic mass is 9.85. The molecule has 156 valence electrons. The van der Waals surface area contributed by atoms with Gasteiger partial charge in [0.2, 0.25) is 5.82 Å². The van der Waals surface area contributed by atoms with Crippen molar-refractivity contribution >= 4 is 28.2 Å². The molecule has 10 heteroatoms. The summed E-state index contributed by atoms with van der Waals surface area (Å²) in [5, 5.41) is 2.08. The van der Waals surface area contributed by atoms with Crippen molar-refractivity contribution in [1.82, 2.24) is 0 Å². The van der Waals surface area contributed by atoms with Crippen LogP contribution >= 0.6 is 11.3 Å². The van der Waals surface area contributed by atoms with E-state index in [2.05, 4.69) is 5.32 Å². The maximum absolute atomic E-state index is 13.9. The number of ether oxygens (including phenoxy) is 1. The van der Waals surface area contributed by atoms with E-state index in [4.69, 9.17) is 4.74 Å². The Hall–Kier alpha value is -2.49. The highest BCUT2D eigenvalue weighted by Crippen LogP contribution is 2.41. The third-order valence-corrected chi connectivity index (χ3v) is 6.17. The van der Waals surface area contributed by atoms with Gasteiger partial charge in [0.15, 0.2) is 23.3 Å². The highest BCUT2D eigenvalue weighted by atomic mass is 32.1. The summed E-state index contributed by atoms with van der Waals surface area (Å²) >= 11 is 1.03. The molecule has 0 bridgehead atoms. The molecule has 0 unspecified atom stereocenters. The minimum absolute atomic E-state index is 0.0410. The number of benzene rings is 1. The summed E-state index contributed by atoms with van der Waals surface area (Å²) in [5.41, 5.74) is -0.909. The van der Waals surface area contributed by atoms with Crippen LogP contribution in [0.2, 0.25) is 0 Å². The molecule has 0 fully saturated rings. The second kappa shape index (κ2) is 8.10. The minimum atomic E-state index is -2.36. The van der Waals surface area contributed by atoms with Crippen molar-refractivity contribution < 1.29 is 36.3 Å². The van der Waals surface area contributed by atoms with Crippen molar-refractivity contribution in [3.8, 4) is 0 Å². The summed E-state index contributed by atoms with van der Waals surface area (Å²) in [6.45, 7) is 2.02. The van der Waals surface area contributed by atoms with Crippen molar-refractivity contribution in [2.24, 2.45) is 5.92 Å². The molecule has 4 nitrogen and oxygen atoms in total. The van der Waals surface area contributed by atoms with E-state index in [1.807, 2.05) is 6.92 Å². The van der Waals surface area contributed by atoms with Gasteiger partial charge in [0.1, 0.15) is 10.6 Å². The molecule has 2 aromatic rings. The fourth-order valence-electron chi connectivity index (χ4n) is 3.38. The number of rotatable bonds is 4. The van der Waals surface area contributed by atoms with E-state index < -0.39 is 46.5 Å². The molecule has 0 saturated carbocycles. The second-order valence-electron chi connectivity index (χ2n) is 6.62. The van der Waals surface area contributed by atoms with Crippen LogP contribution in [0, 0.1) is 35.0 Å². The number of nitrogens with one attached hydrogen (secondary N) is 1. The van der Waals surface area contributed by atoms with Crippen LogP contribution < -0.4 is 5.32 Å². The molecule has 1 amide bonds. The predicted molar refractivity (Wildman–Crippen MR) is 95.6 cm³/mol. The fraction of sp³-hybridized carbons (Fsp3) is 0.368. The second-order valence-corrected chi connectivity index (χ2v) is 7.72. The van der Waals surface area contributed by atoms with Crippen molar-refractivity contribution in [2.45, 2.75) is 32.6 Å². The first-order chi connectivity index (χ1) is 13.7. The van der Waals surface area contributed by atoms with E-state index >= 15 is 0 Å². The average molecular weight is 433 g/mol. The maximum Gasteiger partial charge on any atom is 0.341 e. The smallest absolute Gasteiger partial charge is 0.341 e. The van der Waals surface area contributed by atoms with Crippen LogP contribution in [0.15, 0.2) is 0 Å². The standard InChI is InChI=1S/C19H16F5NO3S/c1-3-7-4-5-8-9(6-7)29-18(10(8)19(27)28-2)25-17(26)11-12(20)14(22)16(24)15(23)13(11)21/h7H,3-6H2,1-2H3,(H,25,26)/t7-/m1/s1. The van der Waals surface area contributed by atoms with Gasteiger partial charge in [0.05, 0.1) is 12.7 Å². The van der Waals surface area contributed by atoms with Gasteiger partial charge in [-0.15, -0.1) is 11.3 Å². The van der Waals surface area contributed by atoms with E-state index in [1.165, 1.54) is 0 Å². The topological polar surface area (TPSA) is 55.4 Å². The van der Waals surface area contributed by atoms with Gasteiger partial charge in [0, 0.05) is 4.88 Å². The van der Waals surface area contributed by atoms with Gasteiger partial charge >= 0.3 is 5.97 Å². The number of fused-ring (bicyclic) bond motifs is 1. The first-order valence-electron chi connectivity index (χ1n) is 8.76. The molecule has 1 aliphatic rings. The van der Waals surface area contributed by atoms with E-state index in [0.717, 1.165) is 36.2 Å². The fourth-order valence-corrected chi connectivity index (χ4v) is 4.72. The van der Waals surface area contributed by atoms with Crippen LogP contribution in [0.25, 0.3) is 0 Å². The summed E-state index contributed by atoms with van der Waals surface area (Å²) in [6.07, 6.45) is 2.93. The molecule has 1 atom stereocenters. The van der Waals surface area contributed by atoms with Gasteiger partial charge in [0.25, 0.3) is 5.91 Å². The van der Waals surface area contributed by atoms with Crippen LogP contribution in [0.1, 0.15) is 50.9 Å². The number of methoxy groups -OCH3 is 1. The summed E-state index contributed by atoms with van der Waals surface area (Å²) in [7, 11) is 1.14. The molecule has 1 aliphatic carbocycles. The number of esters is 1. The minimum Gasteiger partial charge on any atom is -0.465 e. The largest absolute Gasteiger partial charge is 0.465 e. The Morgan fingerprint density at radius 2 is 1.62 bits per heavy atom. The summed E-state index contributed by atoms with van der Waals surface area (Å²) in [5.74, 6) is -13.2.